The summed E-state index contributed by atoms with van der Waals surface area (Å²) >= 11 is 1.53. The fourth-order valence-electron chi connectivity index (χ4n) is 5.25. The van der Waals surface area contributed by atoms with Crippen molar-refractivity contribution in [3.05, 3.63) is 87.5 Å². The summed E-state index contributed by atoms with van der Waals surface area (Å²) in [5.41, 5.74) is 2.58. The van der Waals surface area contributed by atoms with Gasteiger partial charge in [-0.1, -0.05) is 44.2 Å². The van der Waals surface area contributed by atoms with E-state index >= 15 is 0 Å². The Kier molecular flexibility index (Phi) is 8.19. The van der Waals surface area contributed by atoms with Gasteiger partial charge in [0.15, 0.2) is 5.43 Å². The number of nitrogens with zero attached hydrogens (tertiary/aromatic N) is 3. The molecule has 2 aromatic heterocycles. The SMILES string of the molecule is COc1ccccc1-c1sc2c(c1CN1CCN(C)CC1)c(=O)c(C(O)C(C)C)cn2Cc1ccccc1F. The number of halogens is 1. The van der Waals surface area contributed by atoms with E-state index in [1.165, 1.54) is 17.4 Å². The van der Waals surface area contributed by atoms with Gasteiger partial charge in [-0.05, 0) is 36.7 Å². The molecule has 0 radical (unpaired) electrons. The molecule has 0 aliphatic carbocycles. The molecular weight excluding hydrogens is 513 g/mol. The van der Waals surface area contributed by atoms with Crippen LogP contribution in [0.5, 0.6) is 5.75 Å². The van der Waals surface area contributed by atoms with E-state index in [4.69, 9.17) is 4.74 Å². The van der Waals surface area contributed by atoms with Crippen molar-refractivity contribution in [2.75, 3.05) is 40.3 Å². The van der Waals surface area contributed by atoms with Crippen molar-refractivity contribution in [3.8, 4) is 16.2 Å². The first-order valence-electron chi connectivity index (χ1n) is 13.4. The summed E-state index contributed by atoms with van der Waals surface area (Å²) in [6.07, 6.45) is 0.795. The molecule has 3 heterocycles. The van der Waals surface area contributed by atoms with Gasteiger partial charge in [0.1, 0.15) is 16.4 Å². The van der Waals surface area contributed by atoms with Crippen molar-refractivity contribution < 1.29 is 14.2 Å². The summed E-state index contributed by atoms with van der Waals surface area (Å²) in [5, 5.41) is 11.7. The van der Waals surface area contributed by atoms with Crippen LogP contribution >= 0.6 is 11.3 Å². The predicted octanol–water partition coefficient (Wildman–Crippen LogP) is 5.36. The van der Waals surface area contributed by atoms with Crippen LogP contribution in [0.3, 0.4) is 0 Å². The molecule has 1 unspecified atom stereocenters. The first-order valence-corrected chi connectivity index (χ1v) is 14.2. The number of fused-ring (bicyclic) bond motifs is 1. The summed E-state index contributed by atoms with van der Waals surface area (Å²) in [6, 6.07) is 14.6. The molecule has 1 N–H and O–H groups in total. The van der Waals surface area contributed by atoms with Crippen LogP contribution in [0.1, 0.15) is 36.6 Å². The fraction of sp³-hybridized carbons (Fsp3) is 0.387. The highest BCUT2D eigenvalue weighted by Gasteiger charge is 2.27. The normalized spacial score (nSPS) is 15.8. The minimum atomic E-state index is -0.931. The topological polar surface area (TPSA) is 57.9 Å². The monoisotopic (exact) mass is 549 g/mol. The largest absolute Gasteiger partial charge is 0.496 e. The molecule has 1 atom stereocenters. The zero-order valence-corrected chi connectivity index (χ0v) is 23.8. The van der Waals surface area contributed by atoms with E-state index in [-0.39, 0.29) is 23.7 Å². The zero-order chi connectivity index (χ0) is 27.7. The standard InChI is InChI=1S/C31H36FN3O3S/c1-20(2)28(36)24-19-35(17-21-9-5-7-11-25(21)32)31-27(29(24)37)23(18-34-15-13-33(3)14-16-34)30(39-31)22-10-6-8-12-26(22)38-4/h5-12,19-20,28,36H,13-18H2,1-4H3. The minimum absolute atomic E-state index is 0.148. The van der Waals surface area contributed by atoms with Crippen molar-refractivity contribution in [1.29, 1.82) is 0 Å². The second-order valence-corrected chi connectivity index (χ2v) is 11.7. The number of aliphatic hydroxyl groups is 1. The number of hydrogen-bond acceptors (Lipinski definition) is 6. The van der Waals surface area contributed by atoms with E-state index in [0.717, 1.165) is 52.8 Å². The Balaban J connectivity index is 1.78. The van der Waals surface area contributed by atoms with Crippen molar-refractivity contribution >= 4 is 21.6 Å². The lowest BCUT2D eigenvalue weighted by atomic mass is 9.97. The second-order valence-electron chi connectivity index (χ2n) is 10.7. The van der Waals surface area contributed by atoms with Gasteiger partial charge in [-0.3, -0.25) is 9.69 Å². The maximum atomic E-state index is 14.8. The number of aromatic nitrogens is 1. The van der Waals surface area contributed by atoms with E-state index in [1.807, 2.05) is 48.7 Å². The number of likely N-dealkylation sites (N-methyl/N-ethyl adjacent to an activating group) is 1. The van der Waals surface area contributed by atoms with Crippen molar-refractivity contribution in [3.63, 3.8) is 0 Å². The highest BCUT2D eigenvalue weighted by molar-refractivity contribution is 7.22. The van der Waals surface area contributed by atoms with Gasteiger partial charge in [0.05, 0.1) is 25.1 Å². The smallest absolute Gasteiger partial charge is 0.196 e. The van der Waals surface area contributed by atoms with Crippen LogP contribution in [0.15, 0.2) is 59.5 Å². The molecule has 0 amide bonds. The van der Waals surface area contributed by atoms with E-state index in [9.17, 15) is 14.3 Å². The lowest BCUT2D eigenvalue weighted by Crippen LogP contribution is -2.44. The number of thiophene rings is 1. The number of para-hydroxylation sites is 1. The Morgan fingerprint density at radius 1 is 1.03 bits per heavy atom. The van der Waals surface area contributed by atoms with Gasteiger partial charge in [0, 0.05) is 60.5 Å². The quantitative estimate of drug-likeness (QED) is 0.321. The van der Waals surface area contributed by atoms with Crippen molar-refractivity contribution in [2.45, 2.75) is 33.0 Å². The molecule has 2 aromatic carbocycles. The number of methoxy groups -OCH3 is 1. The Labute approximate surface area is 232 Å². The van der Waals surface area contributed by atoms with Gasteiger partial charge >= 0.3 is 0 Å². The number of piperazine rings is 1. The van der Waals surface area contributed by atoms with Crippen LogP contribution in [0, 0.1) is 11.7 Å². The molecule has 5 rings (SSSR count). The average molecular weight is 550 g/mol. The number of hydrogen-bond donors (Lipinski definition) is 1. The van der Waals surface area contributed by atoms with Gasteiger partial charge in [0.2, 0.25) is 0 Å². The molecule has 0 saturated carbocycles. The molecule has 1 fully saturated rings. The lowest BCUT2D eigenvalue weighted by molar-refractivity contribution is 0.125. The molecule has 1 saturated heterocycles. The van der Waals surface area contributed by atoms with Gasteiger partial charge in [-0.2, -0.15) is 0 Å². The number of pyridine rings is 1. The zero-order valence-electron chi connectivity index (χ0n) is 23.0. The number of aliphatic hydroxyl groups excluding tert-OH is 1. The molecular formula is C31H36FN3O3S. The van der Waals surface area contributed by atoms with Crippen LogP contribution in [-0.4, -0.2) is 59.8 Å². The number of benzene rings is 2. The summed E-state index contributed by atoms with van der Waals surface area (Å²) in [7, 11) is 3.78. The third-order valence-electron chi connectivity index (χ3n) is 7.61. The lowest BCUT2D eigenvalue weighted by Gasteiger charge is -2.32. The minimum Gasteiger partial charge on any atom is -0.496 e. The van der Waals surface area contributed by atoms with Gasteiger partial charge in [-0.15, -0.1) is 11.3 Å². The molecule has 1 aliphatic heterocycles. The molecule has 6 nitrogen and oxygen atoms in total. The molecule has 39 heavy (non-hydrogen) atoms. The van der Waals surface area contributed by atoms with Crippen molar-refractivity contribution in [2.24, 2.45) is 5.92 Å². The molecule has 206 valence electrons. The van der Waals surface area contributed by atoms with Gasteiger partial charge in [0.25, 0.3) is 0 Å². The van der Waals surface area contributed by atoms with Gasteiger partial charge in [-0.25, -0.2) is 4.39 Å². The number of ether oxygens (including phenoxy) is 1. The van der Waals surface area contributed by atoms with E-state index < -0.39 is 6.10 Å². The summed E-state index contributed by atoms with van der Waals surface area (Å²) < 4.78 is 22.5. The van der Waals surface area contributed by atoms with Crippen LogP contribution in [0.2, 0.25) is 0 Å². The maximum absolute atomic E-state index is 14.8. The molecule has 0 spiro atoms. The van der Waals surface area contributed by atoms with Gasteiger partial charge < -0.3 is 19.3 Å². The Hall–Kier alpha value is -3.04. The first-order chi connectivity index (χ1) is 18.8. The maximum Gasteiger partial charge on any atom is 0.196 e. The summed E-state index contributed by atoms with van der Waals surface area (Å²) in [6.45, 7) is 8.37. The highest BCUT2D eigenvalue weighted by atomic mass is 32.1. The molecule has 4 aromatic rings. The Morgan fingerprint density at radius 2 is 1.72 bits per heavy atom. The molecule has 8 heteroatoms. The Morgan fingerprint density at radius 3 is 2.41 bits per heavy atom. The molecule has 1 aliphatic rings. The van der Waals surface area contributed by atoms with Crippen LogP contribution in [0.4, 0.5) is 4.39 Å². The Bertz CT molecular complexity index is 1520. The second kappa shape index (κ2) is 11.6. The third kappa shape index (κ3) is 5.52. The fourth-order valence-corrected chi connectivity index (χ4v) is 6.56. The average Bonchev–Trinajstić information content (AvgIpc) is 3.31. The predicted molar refractivity (Wildman–Crippen MR) is 156 cm³/mol. The van der Waals surface area contributed by atoms with E-state index in [2.05, 4.69) is 16.8 Å². The summed E-state index contributed by atoms with van der Waals surface area (Å²) in [5.74, 6) is 0.291. The van der Waals surface area contributed by atoms with Crippen LogP contribution < -0.4 is 10.2 Å². The first kappa shape index (κ1) is 27.5. The highest BCUT2D eigenvalue weighted by Crippen LogP contribution is 2.42. The number of rotatable bonds is 8. The summed E-state index contributed by atoms with van der Waals surface area (Å²) in [4.78, 5) is 20.6. The van der Waals surface area contributed by atoms with E-state index in [0.29, 0.717) is 23.1 Å². The van der Waals surface area contributed by atoms with Crippen molar-refractivity contribution in [1.82, 2.24) is 14.4 Å². The third-order valence-corrected chi connectivity index (χ3v) is 8.91. The van der Waals surface area contributed by atoms with Crippen LogP contribution in [0.25, 0.3) is 20.7 Å². The van der Waals surface area contributed by atoms with E-state index in [1.54, 1.807) is 25.4 Å². The molecule has 0 bridgehead atoms. The van der Waals surface area contributed by atoms with Crippen LogP contribution in [-0.2, 0) is 13.1 Å².